The Balaban J connectivity index is 2.06. The molecule has 0 unspecified atom stereocenters. The SMILES string of the molecule is CC(C)c1cc(NC2CCN(C(C)C)CC2)nc(C(C)C)n1. The van der Waals surface area contributed by atoms with Gasteiger partial charge in [-0.3, -0.25) is 0 Å². The van der Waals surface area contributed by atoms with E-state index < -0.39 is 0 Å². The quantitative estimate of drug-likeness (QED) is 0.892. The molecule has 4 nitrogen and oxygen atoms in total. The van der Waals surface area contributed by atoms with E-state index in [2.05, 4.69) is 57.8 Å². The Morgan fingerprint density at radius 1 is 1.00 bits per heavy atom. The molecule has 0 spiro atoms. The van der Waals surface area contributed by atoms with Gasteiger partial charge in [0.25, 0.3) is 0 Å². The number of nitrogens with one attached hydrogen (secondary N) is 1. The minimum Gasteiger partial charge on any atom is -0.367 e. The molecule has 1 aliphatic rings. The molecule has 124 valence electrons. The first-order chi connectivity index (χ1) is 10.4. The molecule has 1 saturated heterocycles. The molecule has 1 aliphatic heterocycles. The number of piperidine rings is 1. The number of hydrogen-bond donors (Lipinski definition) is 1. The lowest BCUT2D eigenvalue weighted by Gasteiger charge is -2.35. The standard InChI is InChI=1S/C18H32N4/c1-12(2)16-11-17(21-18(20-16)13(3)4)19-15-7-9-22(10-8-15)14(5)6/h11-15H,7-10H2,1-6H3,(H,19,20,21). The Morgan fingerprint density at radius 2 is 1.64 bits per heavy atom. The molecule has 4 heteroatoms. The van der Waals surface area contributed by atoms with Crippen molar-refractivity contribution < 1.29 is 0 Å². The summed E-state index contributed by atoms with van der Waals surface area (Å²) in [6.07, 6.45) is 2.38. The van der Waals surface area contributed by atoms with Crippen LogP contribution in [0.25, 0.3) is 0 Å². The first-order valence-electron chi connectivity index (χ1n) is 8.76. The van der Waals surface area contributed by atoms with Crippen molar-refractivity contribution in [2.45, 2.75) is 78.3 Å². The van der Waals surface area contributed by atoms with Crippen molar-refractivity contribution >= 4 is 5.82 Å². The summed E-state index contributed by atoms with van der Waals surface area (Å²) in [5, 5.41) is 3.65. The van der Waals surface area contributed by atoms with Gasteiger partial charge in [0.15, 0.2) is 0 Å². The molecule has 0 bridgehead atoms. The lowest BCUT2D eigenvalue weighted by molar-refractivity contribution is 0.177. The molecule has 2 heterocycles. The molecule has 2 rings (SSSR count). The van der Waals surface area contributed by atoms with E-state index in [9.17, 15) is 0 Å². The van der Waals surface area contributed by atoms with Gasteiger partial charge >= 0.3 is 0 Å². The fourth-order valence-corrected chi connectivity index (χ4v) is 2.88. The van der Waals surface area contributed by atoms with Gasteiger partial charge in [-0.1, -0.05) is 27.7 Å². The lowest BCUT2D eigenvalue weighted by atomic mass is 10.0. The lowest BCUT2D eigenvalue weighted by Crippen LogP contribution is -2.42. The first-order valence-corrected chi connectivity index (χ1v) is 8.76. The Kier molecular flexibility index (Phi) is 5.79. The Hall–Kier alpha value is -1.16. The maximum Gasteiger partial charge on any atom is 0.133 e. The highest BCUT2D eigenvalue weighted by atomic mass is 15.2. The van der Waals surface area contributed by atoms with Gasteiger partial charge in [-0.2, -0.15) is 0 Å². The van der Waals surface area contributed by atoms with E-state index in [0.29, 0.717) is 23.9 Å². The summed E-state index contributed by atoms with van der Waals surface area (Å²) in [6.45, 7) is 15.6. The van der Waals surface area contributed by atoms with Gasteiger partial charge in [0.05, 0.1) is 0 Å². The summed E-state index contributed by atoms with van der Waals surface area (Å²) in [7, 11) is 0. The Morgan fingerprint density at radius 3 is 2.14 bits per heavy atom. The molecule has 0 aliphatic carbocycles. The van der Waals surface area contributed by atoms with Crippen molar-refractivity contribution in [3.8, 4) is 0 Å². The molecule has 0 atom stereocenters. The summed E-state index contributed by atoms with van der Waals surface area (Å²) in [5.41, 5.74) is 1.14. The number of rotatable bonds is 5. The second-order valence-corrected chi connectivity index (χ2v) is 7.39. The number of likely N-dealkylation sites (tertiary alicyclic amines) is 1. The first kappa shape index (κ1) is 17.2. The van der Waals surface area contributed by atoms with Crippen LogP contribution in [0, 0.1) is 0 Å². The zero-order valence-corrected chi connectivity index (χ0v) is 15.1. The number of nitrogens with zero attached hydrogens (tertiary/aromatic N) is 3. The van der Waals surface area contributed by atoms with E-state index in [4.69, 9.17) is 9.97 Å². The van der Waals surface area contributed by atoms with Crippen LogP contribution >= 0.6 is 0 Å². The van der Waals surface area contributed by atoms with Crippen molar-refractivity contribution in [3.63, 3.8) is 0 Å². The van der Waals surface area contributed by atoms with Gasteiger partial charge in [-0.15, -0.1) is 0 Å². The highest BCUT2D eigenvalue weighted by Gasteiger charge is 2.21. The minimum absolute atomic E-state index is 0.363. The van der Waals surface area contributed by atoms with E-state index in [1.807, 2.05) is 0 Å². The number of aromatic nitrogens is 2. The molecule has 1 fully saturated rings. The maximum absolute atomic E-state index is 4.73. The van der Waals surface area contributed by atoms with E-state index >= 15 is 0 Å². The smallest absolute Gasteiger partial charge is 0.133 e. The molecule has 0 amide bonds. The minimum atomic E-state index is 0.363. The van der Waals surface area contributed by atoms with Gasteiger partial charge in [-0.05, 0) is 32.6 Å². The van der Waals surface area contributed by atoms with Crippen LogP contribution in [0.1, 0.15) is 77.7 Å². The number of hydrogen-bond acceptors (Lipinski definition) is 4. The summed E-state index contributed by atoms with van der Waals surface area (Å²) >= 11 is 0. The Bertz CT molecular complexity index is 448. The highest BCUT2D eigenvalue weighted by molar-refractivity contribution is 5.38. The van der Waals surface area contributed by atoms with E-state index in [0.717, 1.165) is 17.3 Å². The molecular formula is C18H32N4. The normalized spacial score (nSPS) is 17.7. The van der Waals surface area contributed by atoms with Crippen molar-refractivity contribution in [1.82, 2.24) is 14.9 Å². The third-order valence-electron chi connectivity index (χ3n) is 4.48. The van der Waals surface area contributed by atoms with Crippen molar-refractivity contribution in [1.29, 1.82) is 0 Å². The molecule has 0 saturated carbocycles. The van der Waals surface area contributed by atoms with Crippen LogP contribution in [0.5, 0.6) is 0 Å². The zero-order valence-electron chi connectivity index (χ0n) is 15.1. The molecule has 0 radical (unpaired) electrons. The van der Waals surface area contributed by atoms with Crippen molar-refractivity contribution in [3.05, 3.63) is 17.6 Å². The fraction of sp³-hybridized carbons (Fsp3) is 0.778. The highest BCUT2D eigenvalue weighted by Crippen LogP contribution is 2.22. The third kappa shape index (κ3) is 4.42. The van der Waals surface area contributed by atoms with Gasteiger partial charge in [-0.25, -0.2) is 9.97 Å². The molecule has 0 aromatic carbocycles. The molecular weight excluding hydrogens is 272 g/mol. The van der Waals surface area contributed by atoms with Crippen molar-refractivity contribution in [2.75, 3.05) is 18.4 Å². The summed E-state index contributed by atoms with van der Waals surface area (Å²) < 4.78 is 0. The largest absolute Gasteiger partial charge is 0.367 e. The van der Waals surface area contributed by atoms with E-state index in [1.165, 1.54) is 25.9 Å². The third-order valence-corrected chi connectivity index (χ3v) is 4.48. The van der Waals surface area contributed by atoms with Crippen LogP contribution in [-0.4, -0.2) is 40.0 Å². The van der Waals surface area contributed by atoms with Crippen molar-refractivity contribution in [2.24, 2.45) is 0 Å². The number of anilines is 1. The molecule has 1 aromatic heterocycles. The maximum atomic E-state index is 4.73. The van der Waals surface area contributed by atoms with E-state index in [-0.39, 0.29) is 0 Å². The van der Waals surface area contributed by atoms with Gasteiger partial charge < -0.3 is 10.2 Å². The summed E-state index contributed by atoms with van der Waals surface area (Å²) in [6, 6.07) is 3.32. The van der Waals surface area contributed by atoms with E-state index in [1.54, 1.807) is 0 Å². The predicted octanol–water partition coefficient (Wildman–Crippen LogP) is 4.01. The predicted molar refractivity (Wildman–Crippen MR) is 93.6 cm³/mol. The average molecular weight is 304 g/mol. The second kappa shape index (κ2) is 7.40. The Labute approximate surface area is 135 Å². The van der Waals surface area contributed by atoms with Crippen LogP contribution in [-0.2, 0) is 0 Å². The zero-order chi connectivity index (χ0) is 16.3. The topological polar surface area (TPSA) is 41.0 Å². The van der Waals surface area contributed by atoms with Gasteiger partial charge in [0, 0.05) is 42.9 Å². The van der Waals surface area contributed by atoms with Crippen LogP contribution in [0.2, 0.25) is 0 Å². The van der Waals surface area contributed by atoms with Crippen LogP contribution in [0.4, 0.5) is 5.82 Å². The summed E-state index contributed by atoms with van der Waals surface area (Å²) in [5.74, 6) is 2.75. The second-order valence-electron chi connectivity index (χ2n) is 7.39. The van der Waals surface area contributed by atoms with Crippen LogP contribution < -0.4 is 5.32 Å². The van der Waals surface area contributed by atoms with Gasteiger partial charge in [0.2, 0.25) is 0 Å². The van der Waals surface area contributed by atoms with Gasteiger partial charge in [0.1, 0.15) is 11.6 Å². The summed E-state index contributed by atoms with van der Waals surface area (Å²) in [4.78, 5) is 12.0. The molecule has 1 N–H and O–H groups in total. The monoisotopic (exact) mass is 304 g/mol. The van der Waals surface area contributed by atoms with Crippen LogP contribution in [0.15, 0.2) is 6.07 Å². The van der Waals surface area contributed by atoms with Crippen LogP contribution in [0.3, 0.4) is 0 Å². The molecule has 1 aromatic rings. The molecule has 22 heavy (non-hydrogen) atoms. The fourth-order valence-electron chi connectivity index (χ4n) is 2.88. The average Bonchev–Trinajstić information content (AvgIpc) is 2.47.